The maximum atomic E-state index is 13.4. The Morgan fingerprint density at radius 1 is 1.22 bits per heavy atom. The van der Waals surface area contributed by atoms with Gasteiger partial charge in [0.25, 0.3) is 0 Å². The lowest BCUT2D eigenvalue weighted by atomic mass is 10.0. The van der Waals surface area contributed by atoms with Crippen molar-refractivity contribution in [3.8, 4) is 11.3 Å². The first-order valence-corrected chi connectivity index (χ1v) is 11.4. The molecule has 0 spiro atoms. The van der Waals surface area contributed by atoms with Crippen molar-refractivity contribution in [1.82, 2.24) is 0 Å². The second-order valence-electron chi connectivity index (χ2n) is 6.91. The molecule has 0 aliphatic carbocycles. The number of nitrogens with zero attached hydrogens (tertiary/aromatic N) is 1. The van der Waals surface area contributed by atoms with Crippen molar-refractivity contribution in [3.05, 3.63) is 53.3 Å². The van der Waals surface area contributed by atoms with Crippen LogP contribution in [-0.4, -0.2) is 45.0 Å². The number of sulfonamides is 1. The lowest BCUT2D eigenvalue weighted by Gasteiger charge is -2.24. The maximum Gasteiger partial charge on any atom is 0.412 e. The molecule has 0 bridgehead atoms. The zero-order valence-corrected chi connectivity index (χ0v) is 18.1. The van der Waals surface area contributed by atoms with E-state index in [1.165, 1.54) is 30.3 Å². The van der Waals surface area contributed by atoms with E-state index in [2.05, 4.69) is 4.74 Å². The number of halogens is 1. The molecule has 1 heterocycles. The molecule has 0 radical (unpaired) electrons. The third-order valence-corrected chi connectivity index (χ3v) is 5.93. The summed E-state index contributed by atoms with van der Waals surface area (Å²) in [4.78, 5) is 23.9. The number of aliphatic hydroxyl groups excluding tert-OH is 1. The standard InChI is InChI=1S/C21H21FN2O7S/c1-3-12-10-15-17(11-16(12)24(8-9-25)32(2,28)29)30-19(13-4-6-14(22)7-5-13)18(15)20(26)31-21(23)27/h4-7,10-11,25H,3,8-9H2,1-2H3,(H2,23,27). The Morgan fingerprint density at radius 3 is 2.41 bits per heavy atom. The average Bonchev–Trinajstić information content (AvgIpc) is 3.08. The topological polar surface area (TPSA) is 140 Å². The number of esters is 1. The summed E-state index contributed by atoms with van der Waals surface area (Å²) in [6.45, 7) is 1.19. The van der Waals surface area contributed by atoms with E-state index in [4.69, 9.17) is 10.2 Å². The monoisotopic (exact) mass is 464 g/mol. The van der Waals surface area contributed by atoms with Crippen LogP contribution in [0.15, 0.2) is 40.8 Å². The Balaban J connectivity index is 2.33. The number of fused-ring (bicyclic) bond motifs is 1. The summed E-state index contributed by atoms with van der Waals surface area (Å²) in [6.07, 6.45) is 0.0749. The highest BCUT2D eigenvalue weighted by atomic mass is 32.2. The highest BCUT2D eigenvalue weighted by molar-refractivity contribution is 7.92. The minimum Gasteiger partial charge on any atom is -0.455 e. The number of primary amides is 1. The van der Waals surface area contributed by atoms with Crippen LogP contribution < -0.4 is 10.0 Å². The molecule has 0 saturated carbocycles. The molecule has 11 heteroatoms. The fraction of sp³-hybridized carbons (Fsp3) is 0.238. The molecule has 0 unspecified atom stereocenters. The van der Waals surface area contributed by atoms with Gasteiger partial charge < -0.3 is 20.0 Å². The Morgan fingerprint density at radius 2 is 1.88 bits per heavy atom. The largest absolute Gasteiger partial charge is 0.455 e. The first kappa shape index (κ1) is 23.2. The number of furan rings is 1. The van der Waals surface area contributed by atoms with Crippen molar-refractivity contribution in [1.29, 1.82) is 0 Å². The summed E-state index contributed by atoms with van der Waals surface area (Å²) in [6, 6.07) is 8.07. The molecule has 3 aromatic rings. The predicted molar refractivity (Wildman–Crippen MR) is 115 cm³/mol. The fourth-order valence-electron chi connectivity index (χ4n) is 3.40. The Hall–Kier alpha value is -3.44. The van der Waals surface area contributed by atoms with Gasteiger partial charge in [-0.25, -0.2) is 22.4 Å². The van der Waals surface area contributed by atoms with Crippen LogP contribution in [0.5, 0.6) is 0 Å². The molecule has 0 atom stereocenters. The minimum atomic E-state index is -3.74. The van der Waals surface area contributed by atoms with Gasteiger partial charge >= 0.3 is 12.1 Å². The van der Waals surface area contributed by atoms with Crippen LogP contribution >= 0.6 is 0 Å². The summed E-state index contributed by atoms with van der Waals surface area (Å²) in [5.74, 6) is -1.58. The van der Waals surface area contributed by atoms with E-state index < -0.39 is 34.5 Å². The van der Waals surface area contributed by atoms with Gasteiger partial charge in [0.2, 0.25) is 10.0 Å². The molecular formula is C21H21FN2O7S. The van der Waals surface area contributed by atoms with Crippen molar-refractivity contribution in [2.45, 2.75) is 13.3 Å². The zero-order chi connectivity index (χ0) is 23.6. The number of rotatable bonds is 7. The number of carbonyl (C=O) groups is 2. The Kier molecular flexibility index (Phi) is 6.51. The van der Waals surface area contributed by atoms with Gasteiger partial charge in [-0.15, -0.1) is 0 Å². The van der Waals surface area contributed by atoms with Gasteiger partial charge in [0, 0.05) is 17.0 Å². The highest BCUT2D eigenvalue weighted by Crippen LogP contribution is 2.38. The number of ether oxygens (including phenoxy) is 1. The fourth-order valence-corrected chi connectivity index (χ4v) is 4.34. The smallest absolute Gasteiger partial charge is 0.412 e. The number of anilines is 1. The van der Waals surface area contributed by atoms with Crippen molar-refractivity contribution in [2.75, 3.05) is 23.7 Å². The van der Waals surface area contributed by atoms with Crippen LogP contribution in [-0.2, 0) is 21.2 Å². The van der Waals surface area contributed by atoms with E-state index in [1.54, 1.807) is 13.0 Å². The minimum absolute atomic E-state index is 0.00137. The summed E-state index contributed by atoms with van der Waals surface area (Å²) in [7, 11) is -3.74. The number of hydrogen-bond donors (Lipinski definition) is 2. The number of carbonyl (C=O) groups excluding carboxylic acids is 2. The van der Waals surface area contributed by atoms with Crippen LogP contribution in [0.1, 0.15) is 22.8 Å². The first-order valence-electron chi connectivity index (χ1n) is 9.52. The van der Waals surface area contributed by atoms with Gasteiger partial charge in [-0.2, -0.15) is 0 Å². The lowest BCUT2D eigenvalue weighted by molar-refractivity contribution is 0.0640. The summed E-state index contributed by atoms with van der Waals surface area (Å²) < 4.78 is 49.4. The quantitative estimate of drug-likeness (QED) is 0.405. The van der Waals surface area contributed by atoms with Gasteiger partial charge in [0.15, 0.2) is 0 Å². The van der Waals surface area contributed by atoms with Crippen molar-refractivity contribution in [3.63, 3.8) is 0 Å². The van der Waals surface area contributed by atoms with Crippen molar-refractivity contribution < 1.29 is 36.7 Å². The average molecular weight is 464 g/mol. The van der Waals surface area contributed by atoms with Crippen molar-refractivity contribution in [2.24, 2.45) is 5.73 Å². The molecule has 2 aromatic carbocycles. The molecular weight excluding hydrogens is 443 g/mol. The van der Waals surface area contributed by atoms with Gasteiger partial charge in [-0.3, -0.25) is 4.31 Å². The normalized spacial score (nSPS) is 11.5. The molecule has 0 aliphatic rings. The molecule has 0 aliphatic heterocycles. The highest BCUT2D eigenvalue weighted by Gasteiger charge is 2.28. The van der Waals surface area contributed by atoms with E-state index in [0.717, 1.165) is 10.6 Å². The predicted octanol–water partition coefficient (Wildman–Crippen LogP) is 2.80. The number of aliphatic hydroxyl groups is 1. The third-order valence-electron chi connectivity index (χ3n) is 4.75. The number of amides is 1. The number of benzene rings is 2. The van der Waals surface area contributed by atoms with E-state index in [9.17, 15) is 27.5 Å². The number of aryl methyl sites for hydroxylation is 1. The molecule has 0 saturated heterocycles. The van der Waals surface area contributed by atoms with E-state index in [1.807, 2.05) is 0 Å². The van der Waals surface area contributed by atoms with Gasteiger partial charge in [0.1, 0.15) is 22.7 Å². The van der Waals surface area contributed by atoms with Gasteiger partial charge in [0.05, 0.1) is 25.1 Å². The van der Waals surface area contributed by atoms with Crippen LogP contribution in [0, 0.1) is 5.82 Å². The first-order chi connectivity index (χ1) is 15.1. The van der Waals surface area contributed by atoms with Gasteiger partial charge in [-0.05, 0) is 42.3 Å². The maximum absolute atomic E-state index is 13.4. The van der Waals surface area contributed by atoms with Crippen LogP contribution in [0.4, 0.5) is 14.9 Å². The second-order valence-corrected chi connectivity index (χ2v) is 8.82. The van der Waals surface area contributed by atoms with Crippen LogP contribution in [0.3, 0.4) is 0 Å². The molecule has 170 valence electrons. The molecule has 3 N–H and O–H groups in total. The summed E-state index contributed by atoms with van der Waals surface area (Å²) in [5.41, 5.74) is 6.14. The SMILES string of the molecule is CCc1cc2c(C(=O)OC(N)=O)c(-c3ccc(F)cc3)oc2cc1N(CCO)S(C)(=O)=O. The number of hydrogen-bond acceptors (Lipinski definition) is 7. The Bertz CT molecular complexity index is 1280. The van der Waals surface area contributed by atoms with Crippen LogP contribution in [0.25, 0.3) is 22.3 Å². The van der Waals surface area contributed by atoms with Gasteiger partial charge in [-0.1, -0.05) is 6.92 Å². The Labute approximate surface area is 183 Å². The molecule has 9 nitrogen and oxygen atoms in total. The van der Waals surface area contributed by atoms with E-state index in [0.29, 0.717) is 17.5 Å². The van der Waals surface area contributed by atoms with Crippen LogP contribution in [0.2, 0.25) is 0 Å². The lowest BCUT2D eigenvalue weighted by Crippen LogP contribution is -2.33. The zero-order valence-electron chi connectivity index (χ0n) is 17.3. The molecule has 0 fully saturated rings. The second kappa shape index (κ2) is 8.97. The number of nitrogens with two attached hydrogens (primary N) is 1. The van der Waals surface area contributed by atoms with Crippen molar-refractivity contribution >= 4 is 38.7 Å². The molecule has 32 heavy (non-hydrogen) atoms. The summed E-state index contributed by atoms with van der Waals surface area (Å²) in [5, 5.41) is 9.61. The van der Waals surface area contributed by atoms with E-state index in [-0.39, 0.29) is 34.5 Å². The third kappa shape index (κ3) is 4.58. The molecule has 3 rings (SSSR count). The summed E-state index contributed by atoms with van der Waals surface area (Å²) >= 11 is 0. The molecule has 1 aromatic heterocycles. The van der Waals surface area contributed by atoms with E-state index >= 15 is 0 Å². The molecule has 1 amide bonds.